The van der Waals surface area contributed by atoms with Gasteiger partial charge < -0.3 is 10.6 Å². The Morgan fingerprint density at radius 2 is 1.86 bits per heavy atom. The van der Waals surface area contributed by atoms with E-state index in [1.165, 1.54) is 19.3 Å². The molecule has 1 atom stereocenters. The summed E-state index contributed by atoms with van der Waals surface area (Å²) < 4.78 is 1.76. The lowest BCUT2D eigenvalue weighted by atomic mass is 9.87. The predicted octanol–water partition coefficient (Wildman–Crippen LogP) is 4.02. The number of aliphatic imine (C=N–C) groups is 1. The Bertz CT molecular complexity index is 1310. The second-order valence-corrected chi connectivity index (χ2v) is 9.99. The number of nitrogens with one attached hydrogen (secondary N) is 2. The molecule has 2 amide bonds. The summed E-state index contributed by atoms with van der Waals surface area (Å²) in [6.07, 6.45) is 13.5. The average Bonchev–Trinajstić information content (AvgIpc) is 3.41. The number of amides is 2. The molecule has 1 aliphatic carbocycles. The smallest absolute Gasteiger partial charge is 0.268 e. The van der Waals surface area contributed by atoms with E-state index in [1.807, 2.05) is 55.6 Å². The third-order valence-electron chi connectivity index (χ3n) is 7.30. The van der Waals surface area contributed by atoms with Gasteiger partial charge in [0.05, 0.1) is 18.3 Å². The molecule has 36 heavy (non-hydrogen) atoms. The molecule has 2 aromatic carbocycles. The highest BCUT2D eigenvalue weighted by atomic mass is 16.2. The van der Waals surface area contributed by atoms with Crippen molar-refractivity contribution in [3.05, 3.63) is 72.2 Å². The van der Waals surface area contributed by atoms with E-state index in [0.717, 1.165) is 29.2 Å². The van der Waals surface area contributed by atoms with Crippen LogP contribution in [0.15, 0.2) is 66.1 Å². The van der Waals surface area contributed by atoms with E-state index < -0.39 is 5.54 Å². The Hall–Kier alpha value is -3.81. The second kappa shape index (κ2) is 10.4. The number of benzene rings is 2. The summed E-state index contributed by atoms with van der Waals surface area (Å²) in [4.78, 5) is 31.1. The van der Waals surface area contributed by atoms with E-state index in [2.05, 4.69) is 25.9 Å². The average molecular weight is 485 g/mol. The molecule has 3 aromatic rings. The third kappa shape index (κ3) is 5.08. The van der Waals surface area contributed by atoms with Crippen molar-refractivity contribution < 1.29 is 9.59 Å². The molecule has 0 spiro atoms. The van der Waals surface area contributed by atoms with Crippen molar-refractivity contribution in [2.75, 3.05) is 6.54 Å². The fourth-order valence-electron chi connectivity index (χ4n) is 5.29. The van der Waals surface area contributed by atoms with Crippen molar-refractivity contribution in [2.45, 2.75) is 57.5 Å². The molecule has 1 unspecified atom stereocenters. The first-order valence-electron chi connectivity index (χ1n) is 12.7. The highest BCUT2D eigenvalue weighted by molar-refractivity contribution is 6.43. The van der Waals surface area contributed by atoms with Crippen LogP contribution in [-0.2, 0) is 11.3 Å². The number of aromatic nitrogens is 3. The van der Waals surface area contributed by atoms with E-state index in [-0.39, 0.29) is 11.8 Å². The van der Waals surface area contributed by atoms with Gasteiger partial charge in [0, 0.05) is 24.5 Å². The summed E-state index contributed by atoms with van der Waals surface area (Å²) in [6.45, 7) is 3.08. The first-order valence-corrected chi connectivity index (χ1v) is 12.7. The molecule has 1 aromatic heterocycles. The van der Waals surface area contributed by atoms with E-state index in [1.54, 1.807) is 17.1 Å². The Labute approximate surface area is 210 Å². The molecule has 8 nitrogen and oxygen atoms in total. The molecule has 2 aliphatic rings. The minimum absolute atomic E-state index is 0.208. The van der Waals surface area contributed by atoms with Gasteiger partial charge in [0.25, 0.3) is 11.8 Å². The zero-order valence-corrected chi connectivity index (χ0v) is 20.6. The van der Waals surface area contributed by atoms with Crippen LogP contribution in [0.3, 0.4) is 0 Å². The SMILES string of the molecule is CC1(NC(=O)c2ccc(Cn3ccnn3)c3ccccc23)CC=CN=C1C(=O)NCC1CCCCC1. The minimum atomic E-state index is -0.900. The van der Waals surface area contributed by atoms with Gasteiger partial charge in [-0.05, 0) is 54.5 Å². The van der Waals surface area contributed by atoms with Crippen LogP contribution >= 0.6 is 0 Å². The first-order chi connectivity index (χ1) is 17.5. The second-order valence-electron chi connectivity index (χ2n) is 9.99. The van der Waals surface area contributed by atoms with Gasteiger partial charge in [0.15, 0.2) is 0 Å². The number of hydrogen-bond acceptors (Lipinski definition) is 5. The molecule has 1 fully saturated rings. The van der Waals surface area contributed by atoms with Crippen LogP contribution in [0.25, 0.3) is 10.8 Å². The lowest BCUT2D eigenvalue weighted by Gasteiger charge is -2.33. The van der Waals surface area contributed by atoms with E-state index in [4.69, 9.17) is 0 Å². The molecule has 5 rings (SSSR count). The highest BCUT2D eigenvalue weighted by Crippen LogP contribution is 2.26. The van der Waals surface area contributed by atoms with E-state index >= 15 is 0 Å². The van der Waals surface area contributed by atoms with Crippen LogP contribution in [0.1, 0.15) is 61.4 Å². The summed E-state index contributed by atoms with van der Waals surface area (Å²) in [5, 5.41) is 16.0. The van der Waals surface area contributed by atoms with E-state index in [0.29, 0.717) is 36.7 Å². The van der Waals surface area contributed by atoms with Crippen molar-refractivity contribution in [3.8, 4) is 0 Å². The van der Waals surface area contributed by atoms with Crippen molar-refractivity contribution >= 4 is 28.3 Å². The Balaban J connectivity index is 1.35. The number of rotatable bonds is 7. The fraction of sp³-hybridized carbons (Fsp3) is 0.393. The molecule has 0 bridgehead atoms. The molecule has 2 heterocycles. The molecule has 0 radical (unpaired) electrons. The fourth-order valence-corrected chi connectivity index (χ4v) is 5.29. The first kappa shape index (κ1) is 23.9. The van der Waals surface area contributed by atoms with Gasteiger partial charge in [-0.1, -0.05) is 60.9 Å². The monoisotopic (exact) mass is 484 g/mol. The van der Waals surface area contributed by atoms with Gasteiger partial charge in [0.1, 0.15) is 5.71 Å². The summed E-state index contributed by atoms with van der Waals surface area (Å²) in [5.74, 6) is 0.0792. The summed E-state index contributed by atoms with van der Waals surface area (Å²) >= 11 is 0. The predicted molar refractivity (Wildman–Crippen MR) is 140 cm³/mol. The number of carbonyl (C=O) groups excluding carboxylic acids is 2. The molecule has 8 heteroatoms. The van der Waals surface area contributed by atoms with Gasteiger partial charge in [-0.25, -0.2) is 4.68 Å². The van der Waals surface area contributed by atoms with Crippen molar-refractivity contribution in [1.29, 1.82) is 0 Å². The minimum Gasteiger partial charge on any atom is -0.351 e. The molecular weight excluding hydrogens is 452 g/mol. The van der Waals surface area contributed by atoms with Gasteiger partial charge in [0.2, 0.25) is 0 Å². The van der Waals surface area contributed by atoms with Crippen LogP contribution in [0.2, 0.25) is 0 Å². The number of nitrogens with zero attached hydrogens (tertiary/aromatic N) is 4. The number of carbonyl (C=O) groups is 2. The zero-order valence-electron chi connectivity index (χ0n) is 20.6. The molecule has 2 N–H and O–H groups in total. The third-order valence-corrected chi connectivity index (χ3v) is 7.30. The summed E-state index contributed by atoms with van der Waals surface area (Å²) in [5.41, 5.74) is 1.05. The molecule has 1 aliphatic heterocycles. The van der Waals surface area contributed by atoms with Crippen LogP contribution in [0.5, 0.6) is 0 Å². The van der Waals surface area contributed by atoms with Crippen LogP contribution < -0.4 is 10.6 Å². The quantitative estimate of drug-likeness (QED) is 0.529. The molecule has 186 valence electrons. The lowest BCUT2D eigenvalue weighted by Crippen LogP contribution is -2.57. The zero-order chi connectivity index (χ0) is 25.0. The van der Waals surface area contributed by atoms with Gasteiger partial charge in [-0.3, -0.25) is 14.6 Å². The lowest BCUT2D eigenvalue weighted by molar-refractivity contribution is -0.115. The van der Waals surface area contributed by atoms with Crippen LogP contribution in [0, 0.1) is 5.92 Å². The van der Waals surface area contributed by atoms with Crippen LogP contribution in [-0.4, -0.2) is 44.6 Å². The largest absolute Gasteiger partial charge is 0.351 e. The van der Waals surface area contributed by atoms with Gasteiger partial charge >= 0.3 is 0 Å². The maximum Gasteiger partial charge on any atom is 0.268 e. The Kier molecular flexibility index (Phi) is 6.93. The number of hydrogen-bond donors (Lipinski definition) is 2. The highest BCUT2D eigenvalue weighted by Gasteiger charge is 2.37. The maximum absolute atomic E-state index is 13.6. The van der Waals surface area contributed by atoms with E-state index in [9.17, 15) is 9.59 Å². The Morgan fingerprint density at radius 1 is 1.06 bits per heavy atom. The molecule has 0 saturated heterocycles. The van der Waals surface area contributed by atoms with Gasteiger partial charge in [-0.15, -0.1) is 5.10 Å². The number of fused-ring (bicyclic) bond motifs is 1. The normalized spacial score (nSPS) is 20.2. The summed E-state index contributed by atoms with van der Waals surface area (Å²) in [7, 11) is 0. The van der Waals surface area contributed by atoms with Crippen molar-refractivity contribution in [3.63, 3.8) is 0 Å². The van der Waals surface area contributed by atoms with Gasteiger partial charge in [-0.2, -0.15) is 0 Å². The standard InChI is InChI=1S/C28H32N6O2/c1-28(14-7-15-29-25(28)27(36)30-18-20-8-3-2-4-9-20)32-26(35)24-13-12-21(19-34-17-16-31-33-34)22-10-5-6-11-23(22)24/h5-7,10-13,15-17,20H,2-4,8-9,14,18-19H2,1H3,(H,30,36)(H,32,35). The molecule has 1 saturated carbocycles. The topological polar surface area (TPSA) is 101 Å². The molecular formula is C28H32N6O2. The summed E-state index contributed by atoms with van der Waals surface area (Å²) in [6, 6.07) is 11.6. The Morgan fingerprint density at radius 3 is 2.64 bits per heavy atom. The van der Waals surface area contributed by atoms with Crippen LogP contribution in [0.4, 0.5) is 0 Å². The maximum atomic E-state index is 13.6. The van der Waals surface area contributed by atoms with Crippen molar-refractivity contribution in [2.24, 2.45) is 10.9 Å². The van der Waals surface area contributed by atoms with Crippen molar-refractivity contribution in [1.82, 2.24) is 25.6 Å².